The monoisotopic (exact) mass is 397 g/mol. The molecule has 1 saturated heterocycles. The Morgan fingerprint density at radius 1 is 1.31 bits per heavy atom. The van der Waals surface area contributed by atoms with Gasteiger partial charge in [0.15, 0.2) is 6.61 Å². The summed E-state index contributed by atoms with van der Waals surface area (Å²) in [5, 5.41) is 0.963. The summed E-state index contributed by atoms with van der Waals surface area (Å²) >= 11 is 0. The van der Waals surface area contributed by atoms with Crippen LogP contribution in [-0.2, 0) is 4.79 Å². The Bertz CT molecular complexity index is 990. The van der Waals surface area contributed by atoms with E-state index in [2.05, 4.69) is 26.8 Å². The highest BCUT2D eigenvalue weighted by Gasteiger charge is 2.32. The second-order valence-corrected chi connectivity index (χ2v) is 7.46. The van der Waals surface area contributed by atoms with E-state index in [4.69, 9.17) is 4.74 Å². The van der Waals surface area contributed by atoms with Crippen LogP contribution < -0.4 is 9.64 Å². The number of anilines is 1. The molecule has 2 atom stereocenters. The number of ether oxygens (including phenoxy) is 1. The molecule has 1 aromatic carbocycles. The summed E-state index contributed by atoms with van der Waals surface area (Å²) < 4.78 is 18.5. The number of hydrogen-bond acceptors (Lipinski definition) is 5. The number of nitrogens with one attached hydrogen (secondary N) is 1. The lowest BCUT2D eigenvalue weighted by atomic mass is 9.92. The summed E-state index contributed by atoms with van der Waals surface area (Å²) in [5.41, 5.74) is 0.797. The predicted octanol–water partition coefficient (Wildman–Crippen LogP) is 2.85. The highest BCUT2D eigenvalue weighted by molar-refractivity contribution is 5.87. The molecule has 7 nitrogen and oxygen atoms in total. The fourth-order valence-electron chi connectivity index (χ4n) is 3.84. The number of piperidine rings is 1. The number of likely N-dealkylation sites (N-methyl/N-ethyl adjacent to an activating group) is 1. The Kier molecular flexibility index (Phi) is 5.33. The Morgan fingerprint density at radius 3 is 2.90 bits per heavy atom. The smallest absolute Gasteiger partial charge is 0.260 e. The van der Waals surface area contributed by atoms with Crippen LogP contribution in [0.5, 0.6) is 5.75 Å². The number of likely N-dealkylation sites (tertiary alicyclic amines) is 1. The Balaban J connectivity index is 1.44. The minimum absolute atomic E-state index is 0.0635. The van der Waals surface area contributed by atoms with Gasteiger partial charge in [-0.15, -0.1) is 0 Å². The van der Waals surface area contributed by atoms with E-state index in [0.29, 0.717) is 24.8 Å². The maximum atomic E-state index is 13.0. The number of carbonyl (C=O) groups is 1. The zero-order chi connectivity index (χ0) is 20.4. The van der Waals surface area contributed by atoms with E-state index in [0.717, 1.165) is 23.3 Å². The van der Waals surface area contributed by atoms with Crippen molar-refractivity contribution in [1.82, 2.24) is 19.9 Å². The van der Waals surface area contributed by atoms with Crippen molar-refractivity contribution in [3.63, 3.8) is 0 Å². The van der Waals surface area contributed by atoms with Crippen molar-refractivity contribution >= 4 is 22.8 Å². The molecule has 2 aromatic heterocycles. The third kappa shape index (κ3) is 4.01. The quantitative estimate of drug-likeness (QED) is 0.717. The van der Waals surface area contributed by atoms with Crippen LogP contribution in [0.25, 0.3) is 11.0 Å². The molecular formula is C21H24FN5O2. The zero-order valence-electron chi connectivity index (χ0n) is 16.5. The molecule has 1 aliphatic heterocycles. The van der Waals surface area contributed by atoms with Gasteiger partial charge in [0.05, 0.1) is 11.4 Å². The first kappa shape index (κ1) is 19.2. The third-order valence-electron chi connectivity index (χ3n) is 5.61. The van der Waals surface area contributed by atoms with E-state index in [1.54, 1.807) is 6.33 Å². The van der Waals surface area contributed by atoms with Gasteiger partial charge in [-0.1, -0.05) is 6.92 Å². The van der Waals surface area contributed by atoms with Gasteiger partial charge in [-0.3, -0.25) is 4.79 Å². The van der Waals surface area contributed by atoms with E-state index in [1.165, 1.54) is 24.3 Å². The second-order valence-electron chi connectivity index (χ2n) is 7.46. The summed E-state index contributed by atoms with van der Waals surface area (Å²) in [6.45, 7) is 3.43. The number of H-pyrrole nitrogens is 1. The van der Waals surface area contributed by atoms with Crippen molar-refractivity contribution in [3.05, 3.63) is 48.7 Å². The zero-order valence-corrected chi connectivity index (χ0v) is 16.5. The van der Waals surface area contributed by atoms with E-state index in [9.17, 15) is 9.18 Å². The summed E-state index contributed by atoms with van der Waals surface area (Å²) in [4.78, 5) is 28.5. The maximum Gasteiger partial charge on any atom is 0.260 e. The van der Waals surface area contributed by atoms with Crippen LogP contribution in [0.15, 0.2) is 42.9 Å². The molecule has 8 heteroatoms. The first-order valence-corrected chi connectivity index (χ1v) is 9.70. The van der Waals surface area contributed by atoms with E-state index in [1.807, 2.05) is 24.2 Å². The molecule has 0 saturated carbocycles. The topological polar surface area (TPSA) is 74.3 Å². The highest BCUT2D eigenvalue weighted by atomic mass is 19.1. The molecule has 1 aliphatic rings. The molecule has 3 heterocycles. The number of benzene rings is 1. The summed E-state index contributed by atoms with van der Waals surface area (Å²) in [5.74, 6) is 1.33. The van der Waals surface area contributed by atoms with E-state index >= 15 is 0 Å². The van der Waals surface area contributed by atoms with Gasteiger partial charge >= 0.3 is 0 Å². The molecule has 152 valence electrons. The van der Waals surface area contributed by atoms with Crippen molar-refractivity contribution in [2.75, 3.05) is 31.6 Å². The minimum Gasteiger partial charge on any atom is -0.484 e. The average molecular weight is 397 g/mol. The summed E-state index contributed by atoms with van der Waals surface area (Å²) in [7, 11) is 2.01. The number of fused-ring (bicyclic) bond motifs is 1. The fourth-order valence-corrected chi connectivity index (χ4v) is 3.84. The number of amides is 1. The molecule has 0 bridgehead atoms. The lowest BCUT2D eigenvalue weighted by molar-refractivity contribution is -0.135. The lowest BCUT2D eigenvalue weighted by Gasteiger charge is -2.42. The van der Waals surface area contributed by atoms with Crippen molar-refractivity contribution < 1.29 is 13.9 Å². The van der Waals surface area contributed by atoms with Gasteiger partial charge in [-0.25, -0.2) is 14.4 Å². The molecule has 0 aliphatic carbocycles. The fraction of sp³-hybridized carbons (Fsp3) is 0.381. The number of nitrogens with zero attached hydrogens (tertiary/aromatic N) is 4. The number of halogens is 1. The van der Waals surface area contributed by atoms with Crippen LogP contribution in [0.3, 0.4) is 0 Å². The molecule has 0 radical (unpaired) electrons. The number of aromatic amines is 1. The third-order valence-corrected chi connectivity index (χ3v) is 5.61. The molecule has 3 aromatic rings. The normalized spacial score (nSPS) is 19.3. The number of carbonyl (C=O) groups excluding carboxylic acids is 1. The SMILES string of the molecule is CC1CCN(C(=O)COc2ccc(F)cc2)CC1N(C)c1ncnc2[nH]ccc12. The first-order valence-electron chi connectivity index (χ1n) is 9.70. The molecule has 1 amide bonds. The Hall–Kier alpha value is -3.16. The average Bonchev–Trinajstić information content (AvgIpc) is 3.22. The van der Waals surface area contributed by atoms with Gasteiger partial charge in [-0.05, 0) is 42.7 Å². The molecular weight excluding hydrogens is 373 g/mol. The standard InChI is InChI=1S/C21H24FN5O2/c1-14-8-10-27(19(28)12-29-16-5-3-15(22)4-6-16)11-18(14)26(2)21-17-7-9-23-20(17)24-13-25-21/h3-7,9,13-14,18H,8,10-12H2,1-2H3,(H,23,24,25). The highest BCUT2D eigenvalue weighted by Crippen LogP contribution is 2.28. The van der Waals surface area contributed by atoms with Gasteiger partial charge in [0, 0.05) is 26.3 Å². The molecule has 2 unspecified atom stereocenters. The van der Waals surface area contributed by atoms with Gasteiger partial charge in [-0.2, -0.15) is 0 Å². The maximum absolute atomic E-state index is 13.0. The molecule has 0 spiro atoms. The molecule has 1 N–H and O–H groups in total. The minimum atomic E-state index is -0.333. The molecule has 4 rings (SSSR count). The van der Waals surface area contributed by atoms with Crippen LogP contribution in [0, 0.1) is 11.7 Å². The van der Waals surface area contributed by atoms with Crippen molar-refractivity contribution in [2.24, 2.45) is 5.92 Å². The first-order chi connectivity index (χ1) is 14.0. The van der Waals surface area contributed by atoms with Crippen LogP contribution >= 0.6 is 0 Å². The summed E-state index contributed by atoms with van der Waals surface area (Å²) in [6, 6.07) is 7.78. The number of aromatic nitrogens is 3. The van der Waals surface area contributed by atoms with Gasteiger partial charge in [0.2, 0.25) is 0 Å². The van der Waals surface area contributed by atoms with Crippen LogP contribution in [0.4, 0.5) is 10.2 Å². The second kappa shape index (κ2) is 8.06. The molecule has 29 heavy (non-hydrogen) atoms. The van der Waals surface area contributed by atoms with Crippen LogP contribution in [0.1, 0.15) is 13.3 Å². The Morgan fingerprint density at radius 2 is 2.10 bits per heavy atom. The predicted molar refractivity (Wildman–Crippen MR) is 108 cm³/mol. The van der Waals surface area contributed by atoms with Crippen molar-refractivity contribution in [2.45, 2.75) is 19.4 Å². The Labute approximate surface area is 168 Å². The van der Waals surface area contributed by atoms with Crippen molar-refractivity contribution in [1.29, 1.82) is 0 Å². The van der Waals surface area contributed by atoms with Crippen LogP contribution in [-0.4, -0.2) is 58.5 Å². The van der Waals surface area contributed by atoms with E-state index in [-0.39, 0.29) is 24.4 Å². The largest absolute Gasteiger partial charge is 0.484 e. The molecule has 1 fully saturated rings. The van der Waals surface area contributed by atoms with Crippen LogP contribution in [0.2, 0.25) is 0 Å². The summed E-state index contributed by atoms with van der Waals surface area (Å²) in [6.07, 6.45) is 4.31. The number of rotatable bonds is 5. The van der Waals surface area contributed by atoms with Crippen molar-refractivity contribution in [3.8, 4) is 5.75 Å². The lowest BCUT2D eigenvalue weighted by Crippen LogP contribution is -2.53. The van der Waals surface area contributed by atoms with E-state index < -0.39 is 0 Å². The number of hydrogen-bond donors (Lipinski definition) is 1. The van der Waals surface area contributed by atoms with Gasteiger partial charge in [0.1, 0.15) is 29.4 Å². The van der Waals surface area contributed by atoms with Gasteiger partial charge in [0.25, 0.3) is 5.91 Å². The van der Waals surface area contributed by atoms with Gasteiger partial charge < -0.3 is 19.5 Å².